The molecule has 0 radical (unpaired) electrons. The van der Waals surface area contributed by atoms with Crippen LogP contribution in [0.1, 0.15) is 45.4 Å². The number of fused-ring (bicyclic) bond motifs is 2. The van der Waals surface area contributed by atoms with E-state index in [4.69, 9.17) is 0 Å². The summed E-state index contributed by atoms with van der Waals surface area (Å²) in [6.45, 7) is 2.28. The number of rotatable bonds is 0. The Morgan fingerprint density at radius 3 is 3.00 bits per heavy atom. The summed E-state index contributed by atoms with van der Waals surface area (Å²) in [5.74, 6) is 1.64. The number of hydrogen-bond donors (Lipinski definition) is 1. The smallest absolute Gasteiger partial charge is 0.156 e. The lowest BCUT2D eigenvalue weighted by molar-refractivity contribution is -0.114. The number of allylic oxidation sites excluding steroid dienone is 5. The van der Waals surface area contributed by atoms with Gasteiger partial charge < -0.3 is 5.11 Å². The van der Waals surface area contributed by atoms with Gasteiger partial charge in [0.1, 0.15) is 0 Å². The maximum Gasteiger partial charge on any atom is 0.156 e. The van der Waals surface area contributed by atoms with Crippen LogP contribution in [0.4, 0.5) is 0 Å². The first-order valence-corrected chi connectivity index (χ1v) is 8.40. The molecule has 2 heteroatoms. The highest BCUT2D eigenvalue weighted by molar-refractivity contribution is 5.93. The molecule has 5 rings (SSSR count). The van der Waals surface area contributed by atoms with Crippen molar-refractivity contribution in [1.82, 2.24) is 0 Å². The van der Waals surface area contributed by atoms with Crippen molar-refractivity contribution in [3.8, 4) is 0 Å². The first kappa shape index (κ1) is 12.4. The average Bonchev–Trinajstić information content (AvgIpc) is 3.12. The van der Waals surface area contributed by atoms with E-state index in [2.05, 4.69) is 19.1 Å². The number of carbonyl (C=O) groups is 1. The van der Waals surface area contributed by atoms with Gasteiger partial charge in [-0.2, -0.15) is 0 Å². The molecular formula is C19H22O2. The van der Waals surface area contributed by atoms with E-state index in [9.17, 15) is 9.90 Å². The molecule has 0 aromatic rings. The maximum absolute atomic E-state index is 11.7. The van der Waals surface area contributed by atoms with Gasteiger partial charge in [0.05, 0.1) is 6.10 Å². The second-order valence-electron chi connectivity index (χ2n) is 7.97. The highest BCUT2D eigenvalue weighted by Gasteiger charge is 2.75. The van der Waals surface area contributed by atoms with E-state index in [1.807, 2.05) is 6.08 Å². The highest BCUT2D eigenvalue weighted by Crippen LogP contribution is 2.79. The molecule has 2 fully saturated rings. The minimum Gasteiger partial charge on any atom is -0.392 e. The van der Waals surface area contributed by atoms with Gasteiger partial charge in [-0.3, -0.25) is 4.79 Å². The molecule has 0 heterocycles. The van der Waals surface area contributed by atoms with Crippen LogP contribution >= 0.6 is 0 Å². The molecule has 5 aliphatic rings. The minimum atomic E-state index is -0.163. The van der Waals surface area contributed by atoms with Gasteiger partial charge >= 0.3 is 0 Å². The molecule has 1 unspecified atom stereocenters. The Morgan fingerprint density at radius 1 is 1.29 bits per heavy atom. The third kappa shape index (κ3) is 1.27. The highest BCUT2D eigenvalue weighted by atomic mass is 16.3. The molecule has 0 amide bonds. The summed E-state index contributed by atoms with van der Waals surface area (Å²) in [4.78, 5) is 11.7. The maximum atomic E-state index is 11.7. The number of hydrogen-bond acceptors (Lipinski definition) is 2. The summed E-state index contributed by atoms with van der Waals surface area (Å²) >= 11 is 0. The standard InChI is InChI=1S/C19H22O2/c1-18-7-6-15-14-4-3-13(20)8-11(14)2-5-16(15)19(18)10-12(19)9-17(18)21/h6-8,12,16-17,21H,2-5,9-10H2,1H3/t12-,16?,17+,18-,19+/m1/s1. The van der Waals surface area contributed by atoms with Crippen LogP contribution in [-0.4, -0.2) is 17.0 Å². The molecule has 1 spiro atoms. The fourth-order valence-corrected chi connectivity index (χ4v) is 6.19. The predicted molar refractivity (Wildman–Crippen MR) is 80.5 cm³/mol. The van der Waals surface area contributed by atoms with E-state index >= 15 is 0 Å². The largest absolute Gasteiger partial charge is 0.392 e. The lowest BCUT2D eigenvalue weighted by atomic mass is 9.57. The van der Waals surface area contributed by atoms with Crippen molar-refractivity contribution in [3.05, 3.63) is 34.9 Å². The van der Waals surface area contributed by atoms with E-state index in [1.165, 1.54) is 29.6 Å². The Balaban J connectivity index is 1.69. The fourth-order valence-electron chi connectivity index (χ4n) is 6.19. The molecule has 0 saturated heterocycles. The molecule has 21 heavy (non-hydrogen) atoms. The molecule has 2 saturated carbocycles. The van der Waals surface area contributed by atoms with Crippen LogP contribution in [0.2, 0.25) is 0 Å². The summed E-state index contributed by atoms with van der Waals surface area (Å²) in [5.41, 5.74) is 4.59. The SMILES string of the molecule is C[C@]12C=CC3=C4CCC(=O)C=C4CCC3[C@@]13C[C@H]3C[C@@H]2O. The Labute approximate surface area is 125 Å². The Kier molecular flexibility index (Phi) is 2.13. The summed E-state index contributed by atoms with van der Waals surface area (Å²) < 4.78 is 0. The van der Waals surface area contributed by atoms with Crippen molar-refractivity contribution in [3.63, 3.8) is 0 Å². The summed E-state index contributed by atoms with van der Waals surface area (Å²) in [5, 5.41) is 10.5. The molecular weight excluding hydrogens is 260 g/mol. The average molecular weight is 282 g/mol. The normalized spacial score (nSPS) is 50.1. The van der Waals surface area contributed by atoms with Crippen molar-refractivity contribution in [2.75, 3.05) is 0 Å². The zero-order chi connectivity index (χ0) is 14.4. The first-order valence-electron chi connectivity index (χ1n) is 8.40. The Bertz CT molecular complexity index is 652. The predicted octanol–water partition coefficient (Wildman–Crippen LogP) is 3.33. The van der Waals surface area contributed by atoms with E-state index in [1.54, 1.807) is 0 Å². The second-order valence-corrected chi connectivity index (χ2v) is 7.97. The lowest BCUT2D eigenvalue weighted by Gasteiger charge is -2.47. The van der Waals surface area contributed by atoms with Gasteiger partial charge in [-0.25, -0.2) is 0 Å². The van der Waals surface area contributed by atoms with Crippen molar-refractivity contribution in [2.45, 2.75) is 51.6 Å². The molecule has 0 aromatic carbocycles. The van der Waals surface area contributed by atoms with Gasteiger partial charge in [0, 0.05) is 11.8 Å². The van der Waals surface area contributed by atoms with Crippen LogP contribution in [0.15, 0.2) is 34.9 Å². The number of carbonyl (C=O) groups excluding carboxylic acids is 1. The van der Waals surface area contributed by atoms with Crippen molar-refractivity contribution < 1.29 is 9.90 Å². The van der Waals surface area contributed by atoms with Crippen LogP contribution < -0.4 is 0 Å². The summed E-state index contributed by atoms with van der Waals surface area (Å²) in [7, 11) is 0. The number of ketones is 1. The van der Waals surface area contributed by atoms with Gasteiger partial charge in [0.2, 0.25) is 0 Å². The third-order valence-electron chi connectivity index (χ3n) is 7.36. The fraction of sp³-hybridized carbons (Fsp3) is 0.632. The third-order valence-corrected chi connectivity index (χ3v) is 7.36. The van der Waals surface area contributed by atoms with Crippen LogP contribution in [0, 0.1) is 22.7 Å². The first-order chi connectivity index (χ1) is 10.1. The second kappa shape index (κ2) is 3.60. The van der Waals surface area contributed by atoms with Gasteiger partial charge in [-0.05, 0) is 72.2 Å². The van der Waals surface area contributed by atoms with E-state index in [0.29, 0.717) is 23.5 Å². The summed E-state index contributed by atoms with van der Waals surface area (Å²) in [6, 6.07) is 0. The molecule has 1 N–H and O–H groups in total. The number of aliphatic hydroxyl groups excluding tert-OH is 1. The quantitative estimate of drug-likeness (QED) is 0.740. The van der Waals surface area contributed by atoms with Gasteiger partial charge in [-0.1, -0.05) is 19.1 Å². The Hall–Kier alpha value is -1.15. The molecule has 0 aliphatic heterocycles. The molecule has 0 bridgehead atoms. The van der Waals surface area contributed by atoms with Crippen molar-refractivity contribution in [2.24, 2.45) is 22.7 Å². The van der Waals surface area contributed by atoms with Gasteiger partial charge in [-0.15, -0.1) is 0 Å². The number of aliphatic hydroxyl groups is 1. The van der Waals surface area contributed by atoms with Crippen LogP contribution in [0.5, 0.6) is 0 Å². The van der Waals surface area contributed by atoms with E-state index in [0.717, 1.165) is 25.2 Å². The molecule has 5 aliphatic carbocycles. The molecule has 5 atom stereocenters. The van der Waals surface area contributed by atoms with Crippen molar-refractivity contribution >= 4 is 5.78 Å². The van der Waals surface area contributed by atoms with Gasteiger partial charge in [0.15, 0.2) is 5.78 Å². The van der Waals surface area contributed by atoms with Gasteiger partial charge in [0.25, 0.3) is 0 Å². The van der Waals surface area contributed by atoms with Crippen LogP contribution in [0.25, 0.3) is 0 Å². The van der Waals surface area contributed by atoms with E-state index in [-0.39, 0.29) is 11.5 Å². The molecule has 0 aromatic heterocycles. The van der Waals surface area contributed by atoms with Crippen LogP contribution in [0.3, 0.4) is 0 Å². The Morgan fingerprint density at radius 2 is 2.14 bits per heavy atom. The topological polar surface area (TPSA) is 37.3 Å². The zero-order valence-corrected chi connectivity index (χ0v) is 12.6. The zero-order valence-electron chi connectivity index (χ0n) is 12.6. The van der Waals surface area contributed by atoms with E-state index < -0.39 is 0 Å². The summed E-state index contributed by atoms with van der Waals surface area (Å²) in [6.07, 6.45) is 12.5. The monoisotopic (exact) mass is 282 g/mol. The van der Waals surface area contributed by atoms with Crippen LogP contribution in [-0.2, 0) is 4.79 Å². The molecule has 2 nitrogen and oxygen atoms in total. The molecule has 110 valence electrons. The minimum absolute atomic E-state index is 0.0158. The lowest BCUT2D eigenvalue weighted by Crippen LogP contribution is -2.43. The van der Waals surface area contributed by atoms with Crippen molar-refractivity contribution in [1.29, 1.82) is 0 Å².